The molecule has 1 fully saturated rings. The van der Waals surface area contributed by atoms with Crippen molar-refractivity contribution in [1.82, 2.24) is 15.8 Å². The van der Waals surface area contributed by atoms with E-state index in [1.807, 2.05) is 19.9 Å². The molecule has 208 valence electrons. The number of anilines is 1. The number of carbonyl (C=O) groups is 2. The lowest BCUT2D eigenvalue weighted by Gasteiger charge is -2.31. The van der Waals surface area contributed by atoms with Crippen LogP contribution in [0.1, 0.15) is 20.3 Å². The second-order valence-electron chi connectivity index (χ2n) is 9.68. The Labute approximate surface area is 246 Å². The normalized spacial score (nSPS) is 18.0. The number of aromatic nitrogens is 1. The van der Waals surface area contributed by atoms with Gasteiger partial charge in [0, 0.05) is 42.0 Å². The van der Waals surface area contributed by atoms with E-state index in [1.165, 1.54) is 4.90 Å². The molecule has 3 N–H and O–H groups in total. The van der Waals surface area contributed by atoms with Gasteiger partial charge in [-0.05, 0) is 36.6 Å². The molecule has 2 unspecified atom stereocenters. The maximum atomic E-state index is 13.1. The molecule has 1 aliphatic rings. The summed E-state index contributed by atoms with van der Waals surface area (Å²) >= 11 is 24.7. The maximum Gasteiger partial charge on any atom is 0.260 e. The Morgan fingerprint density at radius 2 is 1.85 bits per heavy atom. The Morgan fingerprint density at radius 3 is 2.46 bits per heavy atom. The fourth-order valence-electron chi connectivity index (χ4n) is 4.36. The van der Waals surface area contributed by atoms with E-state index in [2.05, 4.69) is 15.8 Å². The Kier molecular flexibility index (Phi) is 9.80. The Bertz CT molecular complexity index is 1310. The molecule has 2 amide bonds. The van der Waals surface area contributed by atoms with Crippen molar-refractivity contribution in [2.24, 2.45) is 5.92 Å². The van der Waals surface area contributed by atoms with Gasteiger partial charge in [-0.3, -0.25) is 9.59 Å². The number of aliphatic hydroxyl groups is 1. The van der Waals surface area contributed by atoms with Gasteiger partial charge in [0.25, 0.3) is 5.91 Å². The SMILES string of the molecule is CC(C)[C@@H](CN(C(=O)C(Cl)Cl)c1cccc(-c2cc(-c3c(Cl)cccc3Cl)no2)c1)NC(=O)C1CC(O)CN1. The lowest BCUT2D eigenvalue weighted by atomic mass is 10.0. The third-order valence-electron chi connectivity index (χ3n) is 6.56. The predicted molar refractivity (Wildman–Crippen MR) is 154 cm³/mol. The smallest absolute Gasteiger partial charge is 0.260 e. The Hall–Kier alpha value is -2.33. The third-order valence-corrected chi connectivity index (χ3v) is 7.56. The van der Waals surface area contributed by atoms with Gasteiger partial charge in [-0.1, -0.05) is 83.6 Å². The molecule has 0 bridgehead atoms. The number of hydrogen-bond donors (Lipinski definition) is 3. The van der Waals surface area contributed by atoms with E-state index in [9.17, 15) is 14.7 Å². The number of amides is 2. The second kappa shape index (κ2) is 12.9. The minimum absolute atomic E-state index is 0.0277. The average molecular weight is 614 g/mol. The van der Waals surface area contributed by atoms with Crippen LogP contribution in [0.2, 0.25) is 10.0 Å². The highest BCUT2D eigenvalue weighted by Gasteiger charge is 2.32. The standard InChI is InChI=1S/C27H28Cl4N4O4/c1-14(2)22(33-26(37)21-10-17(36)12-32-21)13-35(27(38)25(30)31)16-6-3-5-15(9-16)23-11-20(34-39-23)24-18(28)7-4-8-19(24)29/h3-9,11,14,17,21-22,25,32,36H,10,12-13H2,1-2H3,(H,33,37)/t17?,21?,22-/m1/s1. The van der Waals surface area contributed by atoms with Crippen molar-refractivity contribution in [3.05, 3.63) is 58.6 Å². The van der Waals surface area contributed by atoms with Crippen LogP contribution < -0.4 is 15.5 Å². The largest absolute Gasteiger partial charge is 0.392 e. The van der Waals surface area contributed by atoms with Crippen LogP contribution in [0.25, 0.3) is 22.6 Å². The van der Waals surface area contributed by atoms with E-state index in [0.717, 1.165) is 0 Å². The zero-order valence-electron chi connectivity index (χ0n) is 21.2. The summed E-state index contributed by atoms with van der Waals surface area (Å²) in [6.45, 7) is 4.35. The number of benzene rings is 2. The summed E-state index contributed by atoms with van der Waals surface area (Å²) in [6.07, 6.45) is -0.247. The number of nitrogens with one attached hydrogen (secondary N) is 2. The highest BCUT2D eigenvalue weighted by molar-refractivity contribution is 6.54. The number of rotatable bonds is 9. The van der Waals surface area contributed by atoms with Crippen molar-refractivity contribution in [3.8, 4) is 22.6 Å². The summed E-state index contributed by atoms with van der Waals surface area (Å²) in [4.78, 5) is 26.1. The monoisotopic (exact) mass is 612 g/mol. The van der Waals surface area contributed by atoms with Gasteiger partial charge in [-0.2, -0.15) is 0 Å². The van der Waals surface area contributed by atoms with Crippen LogP contribution in [-0.2, 0) is 9.59 Å². The minimum Gasteiger partial charge on any atom is -0.392 e. The number of aliphatic hydroxyl groups excluding tert-OH is 1. The highest BCUT2D eigenvalue weighted by Crippen LogP contribution is 2.36. The van der Waals surface area contributed by atoms with Gasteiger partial charge in [0.15, 0.2) is 10.6 Å². The first-order valence-corrected chi connectivity index (χ1v) is 14.0. The molecule has 3 aromatic rings. The summed E-state index contributed by atoms with van der Waals surface area (Å²) in [5, 5.41) is 20.8. The van der Waals surface area contributed by atoms with Crippen LogP contribution in [0, 0.1) is 5.92 Å². The van der Waals surface area contributed by atoms with Gasteiger partial charge in [-0.15, -0.1) is 0 Å². The molecule has 12 heteroatoms. The van der Waals surface area contributed by atoms with Crippen LogP contribution in [0.4, 0.5) is 5.69 Å². The van der Waals surface area contributed by atoms with E-state index in [0.29, 0.717) is 51.3 Å². The first-order chi connectivity index (χ1) is 18.5. The number of alkyl halides is 2. The second-order valence-corrected chi connectivity index (χ2v) is 11.6. The third kappa shape index (κ3) is 7.06. The molecule has 1 saturated heterocycles. The van der Waals surface area contributed by atoms with Gasteiger partial charge in [0.2, 0.25) is 5.91 Å². The zero-order chi connectivity index (χ0) is 28.3. The van der Waals surface area contributed by atoms with Gasteiger partial charge in [0.1, 0.15) is 5.69 Å². The first kappa shape index (κ1) is 29.6. The van der Waals surface area contributed by atoms with E-state index in [-0.39, 0.29) is 18.4 Å². The van der Waals surface area contributed by atoms with Crippen molar-refractivity contribution in [2.75, 3.05) is 18.0 Å². The highest BCUT2D eigenvalue weighted by atomic mass is 35.5. The predicted octanol–water partition coefficient (Wildman–Crippen LogP) is 5.32. The summed E-state index contributed by atoms with van der Waals surface area (Å²) < 4.78 is 5.59. The lowest BCUT2D eigenvalue weighted by molar-refractivity contribution is -0.124. The summed E-state index contributed by atoms with van der Waals surface area (Å²) in [5.74, 6) is -0.374. The van der Waals surface area contributed by atoms with Crippen molar-refractivity contribution in [1.29, 1.82) is 0 Å². The molecule has 1 aliphatic heterocycles. The lowest BCUT2D eigenvalue weighted by Crippen LogP contribution is -2.53. The molecule has 2 aromatic carbocycles. The van der Waals surface area contributed by atoms with Crippen molar-refractivity contribution < 1.29 is 19.2 Å². The summed E-state index contributed by atoms with van der Waals surface area (Å²) in [5.41, 5.74) is 2.17. The van der Waals surface area contributed by atoms with Crippen LogP contribution in [0.15, 0.2) is 53.1 Å². The van der Waals surface area contributed by atoms with Crippen LogP contribution in [-0.4, -0.2) is 58.2 Å². The summed E-state index contributed by atoms with van der Waals surface area (Å²) in [7, 11) is 0. The number of halogens is 4. The number of carbonyl (C=O) groups excluding carboxylic acids is 2. The molecule has 0 saturated carbocycles. The van der Waals surface area contributed by atoms with E-state index >= 15 is 0 Å². The van der Waals surface area contributed by atoms with Crippen LogP contribution >= 0.6 is 46.4 Å². The molecule has 4 rings (SSSR count). The van der Waals surface area contributed by atoms with Crippen molar-refractivity contribution >= 4 is 63.9 Å². The molecule has 39 heavy (non-hydrogen) atoms. The molecule has 8 nitrogen and oxygen atoms in total. The Morgan fingerprint density at radius 1 is 1.15 bits per heavy atom. The molecule has 0 spiro atoms. The maximum absolute atomic E-state index is 13.1. The minimum atomic E-state index is -1.32. The molecule has 2 heterocycles. The fraction of sp³-hybridized carbons (Fsp3) is 0.370. The van der Waals surface area contributed by atoms with Crippen LogP contribution in [0.3, 0.4) is 0 Å². The fourth-order valence-corrected chi connectivity index (χ4v) is 5.19. The average Bonchev–Trinajstić information content (AvgIpc) is 3.55. The quantitative estimate of drug-likeness (QED) is 0.282. The molecular weight excluding hydrogens is 586 g/mol. The van der Waals surface area contributed by atoms with Gasteiger partial charge < -0.3 is 25.2 Å². The zero-order valence-corrected chi connectivity index (χ0v) is 24.2. The van der Waals surface area contributed by atoms with E-state index in [1.54, 1.807) is 42.5 Å². The molecule has 0 radical (unpaired) electrons. The first-order valence-electron chi connectivity index (χ1n) is 12.4. The molecule has 1 aromatic heterocycles. The molecule has 3 atom stereocenters. The van der Waals surface area contributed by atoms with E-state index in [4.69, 9.17) is 50.9 Å². The number of β-amino-alcohol motifs (C(OH)–C–C–N with tert-alkyl or cyclic N) is 1. The molecule has 0 aliphatic carbocycles. The van der Waals surface area contributed by atoms with Crippen molar-refractivity contribution in [3.63, 3.8) is 0 Å². The van der Waals surface area contributed by atoms with Gasteiger partial charge >= 0.3 is 0 Å². The topological polar surface area (TPSA) is 108 Å². The van der Waals surface area contributed by atoms with Gasteiger partial charge in [0.05, 0.1) is 22.2 Å². The summed E-state index contributed by atoms with van der Waals surface area (Å²) in [6, 6.07) is 13.0. The number of hydrogen-bond acceptors (Lipinski definition) is 6. The van der Waals surface area contributed by atoms with Gasteiger partial charge in [-0.25, -0.2) is 0 Å². The van der Waals surface area contributed by atoms with E-state index < -0.39 is 28.9 Å². The van der Waals surface area contributed by atoms with Crippen LogP contribution in [0.5, 0.6) is 0 Å². The Balaban J connectivity index is 1.61. The van der Waals surface area contributed by atoms with Crippen molar-refractivity contribution in [2.45, 2.75) is 43.3 Å². The molecular formula is C27H28Cl4N4O4. The number of nitrogens with zero attached hydrogens (tertiary/aromatic N) is 2.